The molecule has 1 aromatic carbocycles. The number of hydrogen-bond donors (Lipinski definition) is 2. The summed E-state index contributed by atoms with van der Waals surface area (Å²) in [6.45, 7) is 3.92. The summed E-state index contributed by atoms with van der Waals surface area (Å²) >= 11 is 1.27. The molecule has 0 fully saturated rings. The molecule has 0 saturated carbocycles. The Kier molecular flexibility index (Phi) is 8.60. The number of rotatable bonds is 10. The Morgan fingerprint density at radius 3 is 2.55 bits per heavy atom. The third-order valence-corrected chi connectivity index (χ3v) is 4.66. The Hall–Kier alpha value is -2.94. The summed E-state index contributed by atoms with van der Waals surface area (Å²) in [5.74, 6) is -1.64. The molecule has 8 nitrogen and oxygen atoms in total. The second-order valence-electron chi connectivity index (χ2n) is 6.73. The minimum Gasteiger partial charge on any atom is -0.467 e. The third kappa shape index (κ3) is 7.53. The molecule has 0 radical (unpaired) electrons. The monoisotopic (exact) mass is 419 g/mol. The van der Waals surface area contributed by atoms with Gasteiger partial charge in [-0.3, -0.25) is 4.79 Å². The van der Waals surface area contributed by atoms with Crippen LogP contribution in [0, 0.1) is 5.92 Å². The summed E-state index contributed by atoms with van der Waals surface area (Å²) < 4.78 is 9.69. The van der Waals surface area contributed by atoms with Gasteiger partial charge in [0.1, 0.15) is 6.04 Å². The van der Waals surface area contributed by atoms with Gasteiger partial charge < -0.3 is 20.1 Å². The molecule has 1 atom stereocenters. The van der Waals surface area contributed by atoms with Crippen LogP contribution in [0.2, 0.25) is 0 Å². The molecule has 1 unspecified atom stereocenters. The lowest BCUT2D eigenvalue weighted by Gasteiger charge is -2.18. The number of ether oxygens (including phenoxy) is 2. The second-order valence-corrected chi connectivity index (χ2v) is 7.58. The van der Waals surface area contributed by atoms with E-state index in [1.54, 1.807) is 5.38 Å². The number of aromatic nitrogens is 1. The summed E-state index contributed by atoms with van der Waals surface area (Å²) in [6.07, 6.45) is 0.425. The number of carbonyl (C=O) groups excluding carboxylic acids is 3. The second kappa shape index (κ2) is 11.2. The molecular formula is C20H25N3O5S. The third-order valence-electron chi connectivity index (χ3n) is 3.86. The van der Waals surface area contributed by atoms with Crippen molar-refractivity contribution in [3.05, 3.63) is 47.0 Å². The molecule has 1 amide bonds. The molecule has 9 heteroatoms. The van der Waals surface area contributed by atoms with Gasteiger partial charge in [-0.2, -0.15) is 0 Å². The molecule has 156 valence electrons. The van der Waals surface area contributed by atoms with Gasteiger partial charge in [-0.15, -0.1) is 11.3 Å². The van der Waals surface area contributed by atoms with E-state index in [4.69, 9.17) is 4.74 Å². The Morgan fingerprint density at radius 1 is 1.17 bits per heavy atom. The van der Waals surface area contributed by atoms with Crippen LogP contribution in [0.25, 0.3) is 0 Å². The maximum absolute atomic E-state index is 12.1. The predicted molar refractivity (Wildman–Crippen MR) is 110 cm³/mol. The van der Waals surface area contributed by atoms with Gasteiger partial charge in [0.25, 0.3) is 5.91 Å². The number of esters is 2. The van der Waals surface area contributed by atoms with Crippen LogP contribution in [-0.4, -0.2) is 42.6 Å². The molecule has 1 aromatic heterocycles. The summed E-state index contributed by atoms with van der Waals surface area (Å²) in [5, 5.41) is 7.80. The molecule has 0 saturated heterocycles. The standard InChI is InChI=1S/C20H25N3O5S/c1-13(2)9-15(18(25)27-3)22-17(24)11-28-19(26)16-12-29-20(23-16)21-10-14-7-5-4-6-8-14/h4-8,12-13,15H,9-11H2,1-3H3,(H,21,23)(H,22,24). The lowest BCUT2D eigenvalue weighted by Crippen LogP contribution is -2.44. The van der Waals surface area contributed by atoms with Gasteiger partial charge in [0.2, 0.25) is 0 Å². The SMILES string of the molecule is COC(=O)C(CC(C)C)NC(=O)COC(=O)c1csc(NCc2ccccc2)n1. The van der Waals surface area contributed by atoms with Crippen LogP contribution in [0.4, 0.5) is 5.13 Å². The fourth-order valence-corrected chi connectivity index (χ4v) is 3.17. The number of hydrogen-bond acceptors (Lipinski definition) is 8. The van der Waals surface area contributed by atoms with Gasteiger partial charge in [-0.1, -0.05) is 44.2 Å². The van der Waals surface area contributed by atoms with Crippen LogP contribution in [0.1, 0.15) is 36.3 Å². The van der Waals surface area contributed by atoms with Gasteiger partial charge in [0.15, 0.2) is 17.4 Å². The minimum atomic E-state index is -0.778. The molecule has 0 aliphatic carbocycles. The van der Waals surface area contributed by atoms with Crippen molar-refractivity contribution in [1.82, 2.24) is 10.3 Å². The number of nitrogens with one attached hydrogen (secondary N) is 2. The zero-order valence-corrected chi connectivity index (χ0v) is 17.5. The molecule has 0 aliphatic rings. The molecule has 2 N–H and O–H groups in total. The largest absolute Gasteiger partial charge is 0.467 e. The molecular weight excluding hydrogens is 394 g/mol. The van der Waals surface area contributed by atoms with E-state index in [1.807, 2.05) is 44.2 Å². The first kappa shape index (κ1) is 22.4. The fraction of sp³-hybridized carbons (Fsp3) is 0.400. The first-order chi connectivity index (χ1) is 13.9. The van der Waals surface area contributed by atoms with Gasteiger partial charge in [-0.25, -0.2) is 14.6 Å². The Balaban J connectivity index is 1.81. The minimum absolute atomic E-state index is 0.116. The van der Waals surface area contributed by atoms with Crippen molar-refractivity contribution in [1.29, 1.82) is 0 Å². The zero-order chi connectivity index (χ0) is 21.2. The van der Waals surface area contributed by atoms with E-state index < -0.39 is 30.5 Å². The maximum atomic E-state index is 12.1. The van der Waals surface area contributed by atoms with Crippen molar-refractivity contribution in [2.45, 2.75) is 32.9 Å². The Labute approximate surface area is 173 Å². The van der Waals surface area contributed by atoms with Crippen LogP contribution in [0.3, 0.4) is 0 Å². The summed E-state index contributed by atoms with van der Waals surface area (Å²) in [6, 6.07) is 9.01. The van der Waals surface area contributed by atoms with Crippen LogP contribution in [0.5, 0.6) is 0 Å². The van der Waals surface area contributed by atoms with Gasteiger partial charge in [-0.05, 0) is 17.9 Å². The maximum Gasteiger partial charge on any atom is 0.358 e. The highest BCUT2D eigenvalue weighted by atomic mass is 32.1. The highest BCUT2D eigenvalue weighted by molar-refractivity contribution is 7.13. The first-order valence-corrected chi connectivity index (χ1v) is 10.0. The van der Waals surface area contributed by atoms with E-state index >= 15 is 0 Å². The lowest BCUT2D eigenvalue weighted by atomic mass is 10.0. The average Bonchev–Trinajstić information content (AvgIpc) is 3.19. The van der Waals surface area contributed by atoms with Gasteiger partial charge in [0, 0.05) is 11.9 Å². The highest BCUT2D eigenvalue weighted by Crippen LogP contribution is 2.17. The smallest absolute Gasteiger partial charge is 0.358 e. The molecule has 1 heterocycles. The van der Waals surface area contributed by atoms with Crippen LogP contribution in [-0.2, 0) is 25.6 Å². The lowest BCUT2D eigenvalue weighted by molar-refractivity contribution is -0.145. The average molecular weight is 420 g/mol. The van der Waals surface area contributed by atoms with Crippen molar-refractivity contribution < 1.29 is 23.9 Å². The summed E-state index contributed by atoms with van der Waals surface area (Å²) in [5.41, 5.74) is 1.20. The van der Waals surface area contributed by atoms with E-state index in [0.29, 0.717) is 18.1 Å². The first-order valence-electron chi connectivity index (χ1n) is 9.16. The number of amides is 1. The number of anilines is 1. The van der Waals surface area contributed by atoms with Crippen molar-refractivity contribution in [2.75, 3.05) is 19.0 Å². The van der Waals surface area contributed by atoms with Crippen LogP contribution < -0.4 is 10.6 Å². The number of thiazole rings is 1. The Morgan fingerprint density at radius 2 is 1.90 bits per heavy atom. The van der Waals surface area contributed by atoms with E-state index in [-0.39, 0.29) is 11.6 Å². The van der Waals surface area contributed by atoms with Crippen molar-refractivity contribution in [3.8, 4) is 0 Å². The quantitative estimate of drug-likeness (QED) is 0.570. The molecule has 2 aromatic rings. The molecule has 0 aliphatic heterocycles. The van der Waals surface area contributed by atoms with Crippen LogP contribution >= 0.6 is 11.3 Å². The molecule has 2 rings (SSSR count). The van der Waals surface area contributed by atoms with Crippen molar-refractivity contribution in [2.24, 2.45) is 5.92 Å². The molecule has 0 bridgehead atoms. The highest BCUT2D eigenvalue weighted by Gasteiger charge is 2.23. The zero-order valence-electron chi connectivity index (χ0n) is 16.6. The number of benzene rings is 1. The molecule has 0 spiro atoms. The number of carbonyl (C=O) groups is 3. The number of methoxy groups -OCH3 is 1. The Bertz CT molecular complexity index is 823. The summed E-state index contributed by atoms with van der Waals surface area (Å²) in [4.78, 5) is 40.1. The van der Waals surface area contributed by atoms with E-state index in [0.717, 1.165) is 5.56 Å². The van der Waals surface area contributed by atoms with E-state index in [2.05, 4.69) is 20.4 Å². The van der Waals surface area contributed by atoms with E-state index in [1.165, 1.54) is 18.4 Å². The van der Waals surface area contributed by atoms with Crippen LogP contribution in [0.15, 0.2) is 35.7 Å². The number of nitrogens with zero attached hydrogens (tertiary/aromatic N) is 1. The van der Waals surface area contributed by atoms with Gasteiger partial charge >= 0.3 is 11.9 Å². The topological polar surface area (TPSA) is 107 Å². The van der Waals surface area contributed by atoms with Gasteiger partial charge in [0.05, 0.1) is 7.11 Å². The summed E-state index contributed by atoms with van der Waals surface area (Å²) in [7, 11) is 1.26. The molecule has 29 heavy (non-hydrogen) atoms. The predicted octanol–water partition coefficient (Wildman–Crippen LogP) is 2.62. The fourth-order valence-electron chi connectivity index (χ4n) is 2.49. The normalized spacial score (nSPS) is 11.6. The van der Waals surface area contributed by atoms with E-state index in [9.17, 15) is 14.4 Å². The van der Waals surface area contributed by atoms with Crippen molar-refractivity contribution in [3.63, 3.8) is 0 Å². The van der Waals surface area contributed by atoms with Crippen molar-refractivity contribution >= 4 is 34.3 Å².